The minimum absolute atomic E-state index is 0.947. The summed E-state index contributed by atoms with van der Waals surface area (Å²) in [5, 5.41) is 2.33. The molecule has 0 saturated carbocycles. The van der Waals surface area contributed by atoms with Crippen molar-refractivity contribution in [3.8, 4) is 11.1 Å². The van der Waals surface area contributed by atoms with Crippen molar-refractivity contribution in [2.24, 2.45) is 0 Å². The van der Waals surface area contributed by atoms with Gasteiger partial charge in [0.05, 0.1) is 21.3 Å². The molecule has 0 amide bonds. The van der Waals surface area contributed by atoms with Gasteiger partial charge in [0.15, 0.2) is 4.96 Å². The molecule has 0 aliphatic carbocycles. The first-order valence-electron chi connectivity index (χ1n) is 9.99. The summed E-state index contributed by atoms with van der Waals surface area (Å²) in [6.45, 7) is 2.10. The molecule has 0 aliphatic heterocycles. The van der Waals surface area contributed by atoms with Gasteiger partial charge in [0, 0.05) is 16.3 Å². The molecule has 0 saturated heterocycles. The average Bonchev–Trinajstić information content (AvgIpc) is 3.43. The van der Waals surface area contributed by atoms with Gasteiger partial charge in [-0.05, 0) is 42.3 Å². The van der Waals surface area contributed by atoms with E-state index in [2.05, 4.69) is 84.1 Å². The maximum atomic E-state index is 6.39. The van der Waals surface area contributed by atoms with E-state index in [4.69, 9.17) is 9.40 Å². The van der Waals surface area contributed by atoms with Gasteiger partial charge in [0.1, 0.15) is 11.2 Å². The molecule has 3 aromatic heterocycles. The number of benzene rings is 4. The molecule has 142 valence electrons. The van der Waals surface area contributed by atoms with Crippen molar-refractivity contribution in [3.63, 3.8) is 0 Å². The van der Waals surface area contributed by atoms with Crippen LogP contribution in [0.15, 0.2) is 83.3 Å². The molecule has 3 nitrogen and oxygen atoms in total. The quantitative estimate of drug-likeness (QED) is 0.282. The number of rotatable bonds is 1. The largest absolute Gasteiger partial charge is 0.455 e. The minimum atomic E-state index is 0.947. The van der Waals surface area contributed by atoms with Crippen LogP contribution >= 0.6 is 11.3 Å². The molecular weight excluding hydrogens is 388 g/mol. The number of para-hydroxylation sites is 4. The number of aryl methyl sites for hydroxylation is 1. The molecule has 0 atom stereocenters. The fraction of sp³-hybridized carbons (Fsp3) is 0.0385. The summed E-state index contributed by atoms with van der Waals surface area (Å²) in [6.07, 6.45) is 0. The van der Waals surface area contributed by atoms with Gasteiger partial charge in [-0.3, -0.25) is 4.40 Å². The Hall–Kier alpha value is -3.63. The molecule has 0 radical (unpaired) electrons. The molecule has 0 unspecified atom stereocenters. The minimum Gasteiger partial charge on any atom is -0.455 e. The summed E-state index contributed by atoms with van der Waals surface area (Å²) in [7, 11) is 0. The van der Waals surface area contributed by atoms with Crippen LogP contribution in [0.3, 0.4) is 0 Å². The van der Waals surface area contributed by atoms with E-state index in [1.807, 2.05) is 6.07 Å². The van der Waals surface area contributed by atoms with Gasteiger partial charge >= 0.3 is 0 Å². The molecule has 30 heavy (non-hydrogen) atoms. The van der Waals surface area contributed by atoms with Crippen molar-refractivity contribution in [1.29, 1.82) is 0 Å². The zero-order chi connectivity index (χ0) is 19.8. The number of thiazole rings is 1. The van der Waals surface area contributed by atoms with E-state index >= 15 is 0 Å². The maximum Gasteiger partial charge on any atom is 0.195 e. The Labute approximate surface area is 175 Å². The number of aromatic nitrogens is 2. The van der Waals surface area contributed by atoms with Gasteiger partial charge in [-0.1, -0.05) is 65.9 Å². The zero-order valence-corrected chi connectivity index (χ0v) is 17.0. The third-order valence-electron chi connectivity index (χ3n) is 5.96. The van der Waals surface area contributed by atoms with Crippen LogP contribution in [-0.2, 0) is 0 Å². The summed E-state index contributed by atoms with van der Waals surface area (Å²) in [5.41, 5.74) is 8.72. The van der Waals surface area contributed by atoms with Crippen LogP contribution in [0.5, 0.6) is 0 Å². The second kappa shape index (κ2) is 5.71. The molecule has 3 heterocycles. The fourth-order valence-corrected chi connectivity index (χ4v) is 5.56. The van der Waals surface area contributed by atoms with E-state index in [9.17, 15) is 0 Å². The van der Waals surface area contributed by atoms with Crippen LogP contribution in [0.25, 0.3) is 59.3 Å². The van der Waals surface area contributed by atoms with E-state index in [0.717, 1.165) is 49.2 Å². The average molecular weight is 404 g/mol. The molecular formula is C26H16N2OS. The SMILES string of the molecule is Cc1cccc2c1oc1c(-c3ccc4sc5nc6ccccc6n5c4c3)cccc12. The Morgan fingerprint density at radius 1 is 0.800 bits per heavy atom. The van der Waals surface area contributed by atoms with Crippen molar-refractivity contribution in [2.75, 3.05) is 0 Å². The first-order chi connectivity index (χ1) is 14.8. The number of hydrogen-bond donors (Lipinski definition) is 0. The number of imidazole rings is 1. The third-order valence-corrected chi connectivity index (χ3v) is 6.98. The zero-order valence-electron chi connectivity index (χ0n) is 16.2. The first-order valence-corrected chi connectivity index (χ1v) is 10.8. The van der Waals surface area contributed by atoms with E-state index in [1.165, 1.54) is 15.6 Å². The lowest BCUT2D eigenvalue weighted by Gasteiger charge is -2.04. The van der Waals surface area contributed by atoms with Gasteiger partial charge < -0.3 is 4.42 Å². The van der Waals surface area contributed by atoms with Crippen molar-refractivity contribution in [1.82, 2.24) is 9.38 Å². The topological polar surface area (TPSA) is 30.4 Å². The molecule has 4 aromatic carbocycles. The highest BCUT2D eigenvalue weighted by atomic mass is 32.1. The molecule has 0 bridgehead atoms. The number of furan rings is 1. The van der Waals surface area contributed by atoms with Crippen molar-refractivity contribution in [2.45, 2.75) is 6.92 Å². The molecule has 4 heteroatoms. The fourth-order valence-electron chi connectivity index (χ4n) is 4.54. The van der Waals surface area contributed by atoms with Gasteiger partial charge in [0.25, 0.3) is 0 Å². The van der Waals surface area contributed by atoms with Crippen LogP contribution in [-0.4, -0.2) is 9.38 Å². The highest BCUT2D eigenvalue weighted by molar-refractivity contribution is 7.23. The predicted octanol–water partition coefficient (Wildman–Crippen LogP) is 7.58. The third kappa shape index (κ3) is 2.06. The second-order valence-electron chi connectivity index (χ2n) is 7.74. The number of hydrogen-bond acceptors (Lipinski definition) is 3. The highest BCUT2D eigenvalue weighted by Crippen LogP contribution is 2.39. The molecule has 0 spiro atoms. The Morgan fingerprint density at radius 2 is 1.63 bits per heavy atom. The standard InChI is InChI=1S/C26H16N2OS/c1-15-6-4-8-18-19-9-5-7-17(25(19)29-24(15)18)16-12-13-23-22(14-16)28-21-11-3-2-10-20(21)27-26(28)30-23/h2-14H,1H3. The van der Waals surface area contributed by atoms with E-state index in [1.54, 1.807) is 11.3 Å². The van der Waals surface area contributed by atoms with Gasteiger partial charge in [-0.2, -0.15) is 0 Å². The second-order valence-corrected chi connectivity index (χ2v) is 8.75. The summed E-state index contributed by atoms with van der Waals surface area (Å²) in [6, 6.07) is 27.7. The lowest BCUT2D eigenvalue weighted by molar-refractivity contribution is 0.667. The molecule has 0 fully saturated rings. The van der Waals surface area contributed by atoms with Crippen molar-refractivity contribution >= 4 is 59.5 Å². The molecule has 0 N–H and O–H groups in total. The lowest BCUT2D eigenvalue weighted by atomic mass is 10.0. The summed E-state index contributed by atoms with van der Waals surface area (Å²) in [5.74, 6) is 0. The van der Waals surface area contributed by atoms with Crippen molar-refractivity contribution < 1.29 is 4.42 Å². The van der Waals surface area contributed by atoms with Crippen LogP contribution in [0.2, 0.25) is 0 Å². The van der Waals surface area contributed by atoms with Crippen LogP contribution < -0.4 is 0 Å². The lowest BCUT2D eigenvalue weighted by Crippen LogP contribution is -1.83. The van der Waals surface area contributed by atoms with Gasteiger partial charge in [0.2, 0.25) is 0 Å². The number of nitrogens with zero attached hydrogens (tertiary/aromatic N) is 2. The molecule has 7 rings (SSSR count). The van der Waals surface area contributed by atoms with E-state index < -0.39 is 0 Å². The normalized spacial score (nSPS) is 12.2. The van der Waals surface area contributed by atoms with Crippen LogP contribution in [0.4, 0.5) is 0 Å². The maximum absolute atomic E-state index is 6.39. The first kappa shape index (κ1) is 16.2. The van der Waals surface area contributed by atoms with Gasteiger partial charge in [-0.15, -0.1) is 0 Å². The molecule has 0 aliphatic rings. The summed E-state index contributed by atoms with van der Waals surface area (Å²) >= 11 is 1.73. The number of fused-ring (bicyclic) bond motifs is 8. The smallest absolute Gasteiger partial charge is 0.195 e. The highest BCUT2D eigenvalue weighted by Gasteiger charge is 2.16. The Bertz CT molecular complexity index is 1770. The van der Waals surface area contributed by atoms with Crippen LogP contribution in [0.1, 0.15) is 5.56 Å². The Kier molecular flexibility index (Phi) is 3.08. The van der Waals surface area contributed by atoms with Gasteiger partial charge in [-0.25, -0.2) is 4.98 Å². The monoisotopic (exact) mass is 404 g/mol. The predicted molar refractivity (Wildman–Crippen MR) is 126 cm³/mol. The Balaban J connectivity index is 1.56. The Morgan fingerprint density at radius 3 is 2.57 bits per heavy atom. The summed E-state index contributed by atoms with van der Waals surface area (Å²) < 4.78 is 9.89. The van der Waals surface area contributed by atoms with Crippen molar-refractivity contribution in [3.05, 3.63) is 84.4 Å². The van der Waals surface area contributed by atoms with E-state index in [0.29, 0.717) is 0 Å². The molecule has 7 aromatic rings. The van der Waals surface area contributed by atoms with E-state index in [-0.39, 0.29) is 0 Å². The van der Waals surface area contributed by atoms with Crippen LogP contribution in [0, 0.1) is 6.92 Å². The summed E-state index contributed by atoms with van der Waals surface area (Å²) in [4.78, 5) is 5.83.